The van der Waals surface area contributed by atoms with Gasteiger partial charge in [-0.2, -0.15) is 0 Å². The minimum atomic E-state index is -0.400. The van der Waals surface area contributed by atoms with Crippen LogP contribution in [0.2, 0.25) is 0 Å². The van der Waals surface area contributed by atoms with E-state index in [1.54, 1.807) is 6.07 Å². The van der Waals surface area contributed by atoms with Gasteiger partial charge in [0.15, 0.2) is 0 Å². The molecule has 0 fully saturated rings. The van der Waals surface area contributed by atoms with Crippen molar-refractivity contribution in [1.82, 2.24) is 4.98 Å². The number of pyridine rings is 1. The molecule has 0 atom stereocenters. The Kier molecular flexibility index (Phi) is 3.37. The van der Waals surface area contributed by atoms with Crippen LogP contribution < -0.4 is 0 Å². The average molecular weight is 232 g/mol. The number of halogens is 2. The molecule has 0 radical (unpaired) electrons. The smallest absolute Gasteiger partial charge is 0.148 e. The molecule has 0 aliphatic rings. The Morgan fingerprint density at radius 2 is 2.42 bits per heavy atom. The van der Waals surface area contributed by atoms with Crippen LogP contribution in [0.3, 0.4) is 0 Å². The van der Waals surface area contributed by atoms with E-state index in [0.29, 0.717) is 10.2 Å². The normalized spacial score (nSPS) is 10.9. The Hall–Kier alpha value is -0.740. The molecule has 0 amide bonds. The van der Waals surface area contributed by atoms with Crippen molar-refractivity contribution >= 4 is 22.0 Å². The molecule has 1 N–H and O–H groups in total. The topological polar surface area (TPSA) is 33.1 Å². The first kappa shape index (κ1) is 9.35. The van der Waals surface area contributed by atoms with Crippen molar-refractivity contribution in [2.75, 3.05) is 6.61 Å². The summed E-state index contributed by atoms with van der Waals surface area (Å²) in [6, 6.07) is 1.54. The van der Waals surface area contributed by atoms with Crippen LogP contribution in [0.15, 0.2) is 22.9 Å². The number of aliphatic hydroxyl groups excluding tert-OH is 1. The molecule has 0 saturated heterocycles. The maximum atomic E-state index is 12.9. The van der Waals surface area contributed by atoms with Crippen molar-refractivity contribution in [3.8, 4) is 0 Å². The predicted molar refractivity (Wildman–Crippen MR) is 48.0 cm³/mol. The van der Waals surface area contributed by atoms with Crippen LogP contribution in [-0.2, 0) is 0 Å². The molecule has 1 rings (SSSR count). The highest BCUT2D eigenvalue weighted by atomic mass is 79.9. The van der Waals surface area contributed by atoms with E-state index in [4.69, 9.17) is 5.11 Å². The molecule has 0 spiro atoms. The molecular formula is C8H7BrFNO. The fraction of sp³-hybridized carbons (Fsp3) is 0.125. The number of hydrogen-bond acceptors (Lipinski definition) is 2. The van der Waals surface area contributed by atoms with E-state index >= 15 is 0 Å². The largest absolute Gasteiger partial charge is 0.392 e. The maximum Gasteiger partial charge on any atom is 0.148 e. The van der Waals surface area contributed by atoms with Crippen molar-refractivity contribution in [3.05, 3.63) is 34.3 Å². The van der Waals surface area contributed by atoms with Gasteiger partial charge < -0.3 is 5.11 Å². The van der Waals surface area contributed by atoms with Crippen LogP contribution in [0.25, 0.3) is 6.08 Å². The van der Waals surface area contributed by atoms with E-state index in [-0.39, 0.29) is 6.61 Å². The van der Waals surface area contributed by atoms with Crippen molar-refractivity contribution in [3.63, 3.8) is 0 Å². The highest BCUT2D eigenvalue weighted by Gasteiger charge is 1.98. The lowest BCUT2D eigenvalue weighted by Gasteiger charge is -1.95. The van der Waals surface area contributed by atoms with Crippen LogP contribution in [0.5, 0.6) is 0 Å². The van der Waals surface area contributed by atoms with Gasteiger partial charge >= 0.3 is 0 Å². The van der Waals surface area contributed by atoms with Gasteiger partial charge in [0, 0.05) is 5.56 Å². The van der Waals surface area contributed by atoms with Gasteiger partial charge in [-0.3, -0.25) is 0 Å². The second-order valence-electron chi connectivity index (χ2n) is 2.11. The molecule has 1 aromatic rings. The lowest BCUT2D eigenvalue weighted by atomic mass is 10.2. The van der Waals surface area contributed by atoms with Gasteiger partial charge in [0.25, 0.3) is 0 Å². The molecule has 0 aliphatic carbocycles. The van der Waals surface area contributed by atoms with E-state index in [0.717, 1.165) is 6.20 Å². The van der Waals surface area contributed by atoms with Gasteiger partial charge in [0.2, 0.25) is 0 Å². The van der Waals surface area contributed by atoms with Crippen LogP contribution >= 0.6 is 15.9 Å². The first-order valence-corrected chi connectivity index (χ1v) is 4.12. The highest BCUT2D eigenvalue weighted by Crippen LogP contribution is 2.13. The van der Waals surface area contributed by atoms with E-state index in [1.807, 2.05) is 0 Å². The van der Waals surface area contributed by atoms with Crippen LogP contribution in [0.4, 0.5) is 4.39 Å². The SMILES string of the molecule is OCC=Cc1cc(Br)ncc1F. The summed E-state index contributed by atoms with van der Waals surface area (Å²) in [7, 11) is 0. The summed E-state index contributed by atoms with van der Waals surface area (Å²) in [5.41, 5.74) is 0.408. The summed E-state index contributed by atoms with van der Waals surface area (Å²) in [5.74, 6) is -0.400. The molecule has 0 bridgehead atoms. The van der Waals surface area contributed by atoms with E-state index < -0.39 is 5.82 Å². The minimum absolute atomic E-state index is 0.0978. The zero-order chi connectivity index (χ0) is 8.97. The molecule has 4 heteroatoms. The molecule has 12 heavy (non-hydrogen) atoms. The average Bonchev–Trinajstić information content (AvgIpc) is 2.07. The second-order valence-corrected chi connectivity index (χ2v) is 2.93. The standard InChI is InChI=1S/C8H7BrFNO/c9-8-4-6(2-1-3-12)7(10)5-11-8/h1-2,4-5,12H,3H2. The third-order valence-electron chi connectivity index (χ3n) is 1.25. The van der Waals surface area contributed by atoms with Crippen LogP contribution in [-0.4, -0.2) is 16.7 Å². The van der Waals surface area contributed by atoms with Crippen molar-refractivity contribution < 1.29 is 9.50 Å². The van der Waals surface area contributed by atoms with Crippen LogP contribution in [0.1, 0.15) is 5.56 Å². The lowest BCUT2D eigenvalue weighted by Crippen LogP contribution is -1.85. The van der Waals surface area contributed by atoms with Gasteiger partial charge in [0.05, 0.1) is 12.8 Å². The van der Waals surface area contributed by atoms with Crippen molar-refractivity contribution in [2.45, 2.75) is 0 Å². The molecule has 64 valence electrons. The van der Waals surface area contributed by atoms with E-state index in [9.17, 15) is 4.39 Å². The predicted octanol–water partition coefficient (Wildman–Crippen LogP) is 1.99. The molecule has 2 nitrogen and oxygen atoms in total. The Labute approximate surface area is 77.9 Å². The van der Waals surface area contributed by atoms with Gasteiger partial charge in [-0.25, -0.2) is 9.37 Å². The number of aromatic nitrogens is 1. The first-order valence-electron chi connectivity index (χ1n) is 3.32. The summed E-state index contributed by atoms with van der Waals surface area (Å²) in [6.45, 7) is -0.0978. The zero-order valence-electron chi connectivity index (χ0n) is 6.17. The Morgan fingerprint density at radius 3 is 3.08 bits per heavy atom. The van der Waals surface area contributed by atoms with E-state index in [2.05, 4.69) is 20.9 Å². The Morgan fingerprint density at radius 1 is 1.67 bits per heavy atom. The first-order chi connectivity index (χ1) is 5.74. The summed E-state index contributed by atoms with van der Waals surface area (Å²) < 4.78 is 13.4. The molecule has 0 saturated carbocycles. The molecular weight excluding hydrogens is 225 g/mol. The number of hydrogen-bond donors (Lipinski definition) is 1. The molecule has 0 unspecified atom stereocenters. The summed E-state index contributed by atoms with van der Waals surface area (Å²) in [4.78, 5) is 3.69. The zero-order valence-corrected chi connectivity index (χ0v) is 7.75. The summed E-state index contributed by atoms with van der Waals surface area (Å²) in [6.07, 6.45) is 4.09. The second kappa shape index (κ2) is 4.33. The van der Waals surface area contributed by atoms with Gasteiger partial charge in [0.1, 0.15) is 10.4 Å². The fourth-order valence-corrected chi connectivity index (χ4v) is 1.08. The van der Waals surface area contributed by atoms with E-state index in [1.165, 1.54) is 12.2 Å². The summed E-state index contributed by atoms with van der Waals surface area (Å²) >= 11 is 3.11. The Bertz CT molecular complexity index is 301. The minimum Gasteiger partial charge on any atom is -0.392 e. The Balaban J connectivity index is 2.97. The monoisotopic (exact) mass is 231 g/mol. The molecule has 0 aliphatic heterocycles. The van der Waals surface area contributed by atoms with Crippen LogP contribution in [0, 0.1) is 5.82 Å². The molecule has 0 aromatic carbocycles. The molecule has 1 aromatic heterocycles. The third kappa shape index (κ3) is 2.39. The fourth-order valence-electron chi connectivity index (χ4n) is 0.735. The van der Waals surface area contributed by atoms with Gasteiger partial charge in [-0.1, -0.05) is 12.2 Å². The molecule has 1 heterocycles. The quantitative estimate of drug-likeness (QED) is 0.791. The van der Waals surface area contributed by atoms with Gasteiger partial charge in [-0.15, -0.1) is 0 Å². The van der Waals surface area contributed by atoms with Gasteiger partial charge in [-0.05, 0) is 22.0 Å². The number of nitrogens with zero attached hydrogens (tertiary/aromatic N) is 1. The number of aliphatic hydroxyl groups is 1. The van der Waals surface area contributed by atoms with Crippen molar-refractivity contribution in [2.24, 2.45) is 0 Å². The maximum absolute atomic E-state index is 12.9. The summed E-state index contributed by atoms with van der Waals surface area (Å²) in [5, 5.41) is 8.45. The lowest BCUT2D eigenvalue weighted by molar-refractivity contribution is 0.343. The number of rotatable bonds is 2. The third-order valence-corrected chi connectivity index (χ3v) is 1.69. The van der Waals surface area contributed by atoms with Crippen molar-refractivity contribution in [1.29, 1.82) is 0 Å². The highest BCUT2D eigenvalue weighted by molar-refractivity contribution is 9.10.